The number of thioether (sulfide) groups is 2. The molecule has 45 heavy (non-hydrogen) atoms. The first-order valence-electron chi connectivity index (χ1n) is 16.4. The number of aromatic hydroxyl groups is 2. The van der Waals surface area contributed by atoms with Crippen molar-refractivity contribution in [3.8, 4) is 23.6 Å². The van der Waals surface area contributed by atoms with Crippen LogP contribution in [-0.4, -0.2) is 21.7 Å². The van der Waals surface area contributed by atoms with Gasteiger partial charge in [-0.2, -0.15) is 10.5 Å². The average molecular weight is 653 g/mol. The largest absolute Gasteiger partial charge is 0.507 e. The predicted octanol–water partition coefficient (Wildman–Crippen LogP) is 11.9. The Morgan fingerprint density at radius 3 is 1.02 bits per heavy atom. The Bertz CT molecular complexity index is 1240. The molecule has 0 aromatic heterocycles. The summed E-state index contributed by atoms with van der Waals surface area (Å²) in [6, 6.07) is 12.9. The number of nitriles is 2. The third-order valence-electron chi connectivity index (χ3n) is 7.55. The highest BCUT2D eigenvalue weighted by molar-refractivity contribution is 7.99. The van der Waals surface area contributed by atoms with E-state index in [0.717, 1.165) is 65.9 Å². The van der Waals surface area contributed by atoms with Gasteiger partial charge in [0.1, 0.15) is 11.5 Å². The first kappa shape index (κ1) is 40.7. The van der Waals surface area contributed by atoms with Gasteiger partial charge in [-0.25, -0.2) is 0 Å². The van der Waals surface area contributed by atoms with E-state index < -0.39 is 0 Å². The predicted molar refractivity (Wildman–Crippen MR) is 196 cm³/mol. The molecule has 0 aliphatic heterocycles. The zero-order chi connectivity index (χ0) is 34.6. The van der Waals surface area contributed by atoms with Gasteiger partial charge in [-0.3, -0.25) is 0 Å². The maximum atomic E-state index is 10.7. The smallest absolute Gasteiger partial charge is 0.123 e. The number of hydrogen-bond donors (Lipinski definition) is 2. The molecular formula is C39H60N2O2S2. The zero-order valence-corrected chi connectivity index (χ0v) is 31.9. The van der Waals surface area contributed by atoms with Crippen LogP contribution in [0, 0.1) is 22.7 Å². The van der Waals surface area contributed by atoms with Gasteiger partial charge < -0.3 is 10.2 Å². The molecule has 2 rings (SSSR count). The van der Waals surface area contributed by atoms with Crippen LogP contribution in [-0.2, 0) is 21.7 Å². The quantitative estimate of drug-likeness (QED) is 0.185. The normalized spacial score (nSPS) is 12.2. The third kappa shape index (κ3) is 13.9. The van der Waals surface area contributed by atoms with Gasteiger partial charge >= 0.3 is 0 Å². The third-order valence-corrected chi connectivity index (χ3v) is 9.68. The van der Waals surface area contributed by atoms with Crippen molar-refractivity contribution in [2.45, 2.75) is 159 Å². The average Bonchev–Trinajstić information content (AvgIpc) is 2.89. The summed E-state index contributed by atoms with van der Waals surface area (Å²) in [7, 11) is 0. The molecule has 0 saturated heterocycles. The van der Waals surface area contributed by atoms with Gasteiger partial charge in [0.2, 0.25) is 0 Å². The Kier molecular flexibility index (Phi) is 15.9. The second-order valence-corrected chi connectivity index (χ2v) is 18.4. The van der Waals surface area contributed by atoms with Crippen LogP contribution in [0.15, 0.2) is 34.1 Å². The number of nitrogens with zero attached hydrogens (tertiary/aromatic N) is 2. The van der Waals surface area contributed by atoms with Crippen molar-refractivity contribution in [2.24, 2.45) is 0 Å². The van der Waals surface area contributed by atoms with Crippen LogP contribution in [0.2, 0.25) is 0 Å². The van der Waals surface area contributed by atoms with Crippen LogP contribution in [0.5, 0.6) is 11.5 Å². The molecule has 0 saturated carbocycles. The van der Waals surface area contributed by atoms with Crippen LogP contribution in [0.3, 0.4) is 0 Å². The SMILES string of the molecule is CC(C)(C)c1cc(SCCCCC#N)cc(C(C)(C)C)c1O.CC(C)(C)c1cc(SCCCCCC#N)cc(C(C)(C)C)c1O. The molecule has 0 unspecified atom stereocenters. The van der Waals surface area contributed by atoms with E-state index in [1.807, 2.05) is 23.5 Å². The second-order valence-electron chi connectivity index (χ2n) is 16.0. The molecule has 0 amide bonds. The van der Waals surface area contributed by atoms with E-state index in [9.17, 15) is 10.2 Å². The van der Waals surface area contributed by atoms with E-state index in [4.69, 9.17) is 10.5 Å². The monoisotopic (exact) mass is 652 g/mol. The maximum Gasteiger partial charge on any atom is 0.123 e. The Morgan fingerprint density at radius 2 is 0.756 bits per heavy atom. The van der Waals surface area contributed by atoms with E-state index >= 15 is 0 Å². The number of phenolic OH excluding ortho intramolecular Hbond substituents is 2. The van der Waals surface area contributed by atoms with Crippen molar-refractivity contribution in [2.75, 3.05) is 11.5 Å². The van der Waals surface area contributed by atoms with Gasteiger partial charge in [-0.05, 0) is 83.1 Å². The molecule has 2 aromatic rings. The van der Waals surface area contributed by atoms with Gasteiger partial charge in [0.15, 0.2) is 0 Å². The lowest BCUT2D eigenvalue weighted by atomic mass is 9.79. The summed E-state index contributed by atoms with van der Waals surface area (Å²) in [5, 5.41) is 38.5. The fourth-order valence-electron chi connectivity index (χ4n) is 4.84. The van der Waals surface area contributed by atoms with Gasteiger partial charge in [-0.1, -0.05) is 89.5 Å². The summed E-state index contributed by atoms with van der Waals surface area (Å²) in [4.78, 5) is 2.45. The Labute approximate surface area is 284 Å². The van der Waals surface area contributed by atoms with Crippen molar-refractivity contribution in [3.63, 3.8) is 0 Å². The minimum atomic E-state index is -0.0819. The molecule has 0 spiro atoms. The molecule has 6 heteroatoms. The standard InChI is InChI=1S/C20H31NOS.C19H29NOS/c1-19(2,3)16-13-15(23-12-10-8-7-9-11-21)14-17(18(16)22)20(4,5)6;1-18(2,3)15-12-14(22-11-9-7-8-10-20)13-16(17(15)21)19(4,5)6/h13-14,22H,7-10,12H2,1-6H3;12-13,21H,7-9,11H2,1-6H3. The first-order chi connectivity index (χ1) is 20.6. The second kappa shape index (κ2) is 17.6. The highest BCUT2D eigenvalue weighted by Gasteiger charge is 2.28. The van der Waals surface area contributed by atoms with Crippen LogP contribution in [0.1, 0.15) is 150 Å². The molecule has 0 atom stereocenters. The number of benzene rings is 2. The number of hydrogen-bond acceptors (Lipinski definition) is 6. The lowest BCUT2D eigenvalue weighted by molar-refractivity contribution is 0.421. The van der Waals surface area contributed by atoms with E-state index in [1.165, 1.54) is 9.79 Å². The number of unbranched alkanes of at least 4 members (excludes halogenated alkanes) is 5. The summed E-state index contributed by atoms with van der Waals surface area (Å²) in [5.41, 5.74) is 3.76. The lowest BCUT2D eigenvalue weighted by Crippen LogP contribution is -2.17. The Hall–Kier alpha value is -2.28. The molecule has 0 fully saturated rings. The first-order valence-corrected chi connectivity index (χ1v) is 18.4. The maximum absolute atomic E-state index is 10.7. The molecule has 2 aromatic carbocycles. The van der Waals surface area contributed by atoms with Crippen LogP contribution in [0.25, 0.3) is 0 Å². The molecule has 0 heterocycles. The van der Waals surface area contributed by atoms with Crippen molar-refractivity contribution >= 4 is 23.5 Å². The van der Waals surface area contributed by atoms with E-state index in [2.05, 4.69) is 119 Å². The van der Waals surface area contributed by atoms with Crippen molar-refractivity contribution in [3.05, 3.63) is 46.5 Å². The van der Waals surface area contributed by atoms with E-state index in [1.54, 1.807) is 0 Å². The molecule has 0 radical (unpaired) electrons. The fraction of sp³-hybridized carbons (Fsp3) is 0.641. The molecule has 0 aliphatic carbocycles. The highest BCUT2D eigenvalue weighted by Crippen LogP contribution is 2.43. The molecular weight excluding hydrogens is 593 g/mol. The molecule has 4 nitrogen and oxygen atoms in total. The number of phenols is 2. The van der Waals surface area contributed by atoms with Gasteiger partial charge in [0, 0.05) is 44.9 Å². The summed E-state index contributed by atoms with van der Waals surface area (Å²) in [6.45, 7) is 25.7. The topological polar surface area (TPSA) is 88.0 Å². The molecule has 250 valence electrons. The zero-order valence-electron chi connectivity index (χ0n) is 30.3. The summed E-state index contributed by atoms with van der Waals surface area (Å²) >= 11 is 3.67. The molecule has 0 bridgehead atoms. The van der Waals surface area contributed by atoms with Crippen LogP contribution < -0.4 is 0 Å². The van der Waals surface area contributed by atoms with Gasteiger partial charge in [-0.15, -0.1) is 23.5 Å². The minimum Gasteiger partial charge on any atom is -0.507 e. The highest BCUT2D eigenvalue weighted by atomic mass is 32.2. The van der Waals surface area contributed by atoms with Gasteiger partial charge in [0.05, 0.1) is 12.1 Å². The van der Waals surface area contributed by atoms with E-state index in [-0.39, 0.29) is 21.7 Å². The van der Waals surface area contributed by atoms with Crippen LogP contribution in [0.4, 0.5) is 0 Å². The van der Waals surface area contributed by atoms with Gasteiger partial charge in [0.25, 0.3) is 0 Å². The van der Waals surface area contributed by atoms with Crippen LogP contribution >= 0.6 is 23.5 Å². The lowest BCUT2D eigenvalue weighted by Gasteiger charge is -2.28. The minimum absolute atomic E-state index is 0.0759. The molecule has 0 aliphatic rings. The fourth-order valence-corrected chi connectivity index (χ4v) is 6.81. The summed E-state index contributed by atoms with van der Waals surface area (Å²) in [6.07, 6.45) is 6.53. The van der Waals surface area contributed by atoms with Crippen molar-refractivity contribution in [1.82, 2.24) is 0 Å². The molecule has 2 N–H and O–H groups in total. The van der Waals surface area contributed by atoms with E-state index in [0.29, 0.717) is 24.3 Å². The summed E-state index contributed by atoms with van der Waals surface area (Å²) < 4.78 is 0. The van der Waals surface area contributed by atoms with Crippen molar-refractivity contribution in [1.29, 1.82) is 10.5 Å². The Balaban J connectivity index is 0.000000450. The summed E-state index contributed by atoms with van der Waals surface area (Å²) in [5.74, 6) is 2.96. The Morgan fingerprint density at radius 1 is 0.489 bits per heavy atom. The van der Waals surface area contributed by atoms with Crippen molar-refractivity contribution < 1.29 is 10.2 Å². The number of rotatable bonds is 11.